The predicted octanol–water partition coefficient (Wildman–Crippen LogP) is 2.52. The van der Waals surface area contributed by atoms with Crippen LogP contribution in [0.15, 0.2) is 42.6 Å². The van der Waals surface area contributed by atoms with Crippen molar-refractivity contribution in [3.8, 4) is 0 Å². The van der Waals surface area contributed by atoms with Crippen LogP contribution in [0.2, 0.25) is 0 Å². The number of pyridine rings is 1. The first-order valence-corrected chi connectivity index (χ1v) is 5.91. The van der Waals surface area contributed by atoms with Gasteiger partial charge >= 0.3 is 0 Å². The molecule has 0 radical (unpaired) electrons. The van der Waals surface area contributed by atoms with Crippen LogP contribution in [0, 0.1) is 13.8 Å². The molecule has 0 atom stereocenters. The fourth-order valence-corrected chi connectivity index (χ4v) is 1.61. The maximum absolute atomic E-state index is 11.9. The molecule has 0 aliphatic heterocycles. The number of benzene rings is 1. The molecular formula is C15H14N2O2. The molecule has 2 rings (SSSR count). The molecule has 0 bridgehead atoms. The number of hydrogen-bond donors (Lipinski definition) is 1. The van der Waals surface area contributed by atoms with Crippen molar-refractivity contribution in [1.82, 2.24) is 4.98 Å². The number of nitrogens with zero attached hydrogens (tertiary/aromatic N) is 1. The highest BCUT2D eigenvalue weighted by Gasteiger charge is 2.16. The van der Waals surface area contributed by atoms with Gasteiger partial charge in [-0.25, -0.2) is 4.98 Å². The van der Waals surface area contributed by atoms with Crippen LogP contribution in [0.4, 0.5) is 5.82 Å². The Labute approximate surface area is 111 Å². The van der Waals surface area contributed by atoms with E-state index < -0.39 is 11.7 Å². The average Bonchev–Trinajstić information content (AvgIpc) is 2.39. The summed E-state index contributed by atoms with van der Waals surface area (Å²) in [5, 5.41) is 2.50. The van der Waals surface area contributed by atoms with Gasteiger partial charge in [-0.3, -0.25) is 9.59 Å². The first-order chi connectivity index (χ1) is 9.06. The lowest BCUT2D eigenvalue weighted by Crippen LogP contribution is -2.23. The molecular weight excluding hydrogens is 240 g/mol. The number of carbonyl (C=O) groups is 2. The zero-order valence-electron chi connectivity index (χ0n) is 10.8. The van der Waals surface area contributed by atoms with Gasteiger partial charge in [0.2, 0.25) is 0 Å². The summed E-state index contributed by atoms with van der Waals surface area (Å²) in [5.74, 6) is -0.865. The largest absolute Gasteiger partial charge is 0.304 e. The second-order valence-corrected chi connectivity index (χ2v) is 4.37. The number of aryl methyl sites for hydroxylation is 2. The average molecular weight is 254 g/mol. The number of carbonyl (C=O) groups excluding carboxylic acids is 2. The van der Waals surface area contributed by atoms with Crippen LogP contribution in [0.1, 0.15) is 21.5 Å². The van der Waals surface area contributed by atoms with Gasteiger partial charge < -0.3 is 5.32 Å². The summed E-state index contributed by atoms with van der Waals surface area (Å²) in [6, 6.07) is 10.4. The first kappa shape index (κ1) is 13.0. The molecule has 1 aromatic heterocycles. The van der Waals surface area contributed by atoms with Crippen molar-refractivity contribution < 1.29 is 9.59 Å². The number of amides is 1. The summed E-state index contributed by atoms with van der Waals surface area (Å²) in [6.07, 6.45) is 1.58. The number of ketones is 1. The molecule has 0 saturated carbocycles. The van der Waals surface area contributed by atoms with E-state index >= 15 is 0 Å². The van der Waals surface area contributed by atoms with Crippen molar-refractivity contribution in [3.63, 3.8) is 0 Å². The fraction of sp³-hybridized carbons (Fsp3) is 0.133. The van der Waals surface area contributed by atoms with Gasteiger partial charge in [0.05, 0.1) is 0 Å². The van der Waals surface area contributed by atoms with E-state index in [0.717, 1.165) is 11.1 Å². The van der Waals surface area contributed by atoms with E-state index in [9.17, 15) is 9.59 Å². The van der Waals surface area contributed by atoms with E-state index in [2.05, 4.69) is 10.3 Å². The summed E-state index contributed by atoms with van der Waals surface area (Å²) in [5.41, 5.74) is 2.38. The summed E-state index contributed by atoms with van der Waals surface area (Å²) >= 11 is 0. The van der Waals surface area contributed by atoms with Gasteiger partial charge in [-0.05, 0) is 31.5 Å². The quantitative estimate of drug-likeness (QED) is 0.676. The lowest BCUT2D eigenvalue weighted by molar-refractivity contribution is -0.112. The SMILES string of the molecule is Cc1ccc(C(=O)C(=O)Nc2cc(C)ccn2)cc1. The Morgan fingerprint density at radius 3 is 2.32 bits per heavy atom. The third kappa shape index (κ3) is 3.25. The maximum Gasteiger partial charge on any atom is 0.297 e. The van der Waals surface area contributed by atoms with E-state index in [1.54, 1.807) is 36.5 Å². The maximum atomic E-state index is 11.9. The summed E-state index contributed by atoms with van der Waals surface area (Å²) < 4.78 is 0. The molecule has 1 aromatic carbocycles. The van der Waals surface area contributed by atoms with Crippen LogP contribution >= 0.6 is 0 Å². The Morgan fingerprint density at radius 1 is 1.00 bits per heavy atom. The molecule has 19 heavy (non-hydrogen) atoms. The van der Waals surface area contributed by atoms with E-state index in [0.29, 0.717) is 11.4 Å². The van der Waals surface area contributed by atoms with Crippen molar-refractivity contribution in [1.29, 1.82) is 0 Å². The molecule has 0 saturated heterocycles. The van der Waals surface area contributed by atoms with E-state index in [1.807, 2.05) is 19.9 Å². The van der Waals surface area contributed by atoms with Crippen molar-refractivity contribution in [2.45, 2.75) is 13.8 Å². The van der Waals surface area contributed by atoms with Crippen LogP contribution in [0.5, 0.6) is 0 Å². The van der Waals surface area contributed by atoms with Crippen LogP contribution in [0.3, 0.4) is 0 Å². The topological polar surface area (TPSA) is 59.1 Å². The zero-order valence-corrected chi connectivity index (χ0v) is 10.8. The Hall–Kier alpha value is -2.49. The molecule has 0 aliphatic rings. The predicted molar refractivity (Wildman–Crippen MR) is 73.1 cm³/mol. The molecule has 96 valence electrons. The summed E-state index contributed by atoms with van der Waals surface area (Å²) in [7, 11) is 0. The van der Waals surface area contributed by atoms with Crippen LogP contribution in [-0.2, 0) is 4.79 Å². The Balaban J connectivity index is 2.12. The molecule has 0 fully saturated rings. The lowest BCUT2D eigenvalue weighted by atomic mass is 10.1. The minimum Gasteiger partial charge on any atom is -0.304 e. The second kappa shape index (κ2) is 5.44. The van der Waals surface area contributed by atoms with Crippen LogP contribution in [0.25, 0.3) is 0 Å². The Kier molecular flexibility index (Phi) is 3.71. The molecule has 0 spiro atoms. The smallest absolute Gasteiger partial charge is 0.297 e. The van der Waals surface area contributed by atoms with Crippen LogP contribution in [-0.4, -0.2) is 16.7 Å². The number of rotatable bonds is 3. The third-order valence-electron chi connectivity index (χ3n) is 2.68. The van der Waals surface area contributed by atoms with E-state index in [4.69, 9.17) is 0 Å². The standard InChI is InChI=1S/C15H14N2O2/c1-10-3-5-12(6-4-10)14(18)15(19)17-13-9-11(2)7-8-16-13/h3-9H,1-2H3,(H,16,17,19). The molecule has 1 heterocycles. The minimum atomic E-state index is -0.679. The molecule has 0 unspecified atom stereocenters. The molecule has 4 nitrogen and oxygen atoms in total. The van der Waals surface area contributed by atoms with Gasteiger partial charge in [-0.15, -0.1) is 0 Å². The monoisotopic (exact) mass is 254 g/mol. The Bertz CT molecular complexity index is 618. The number of nitrogens with one attached hydrogen (secondary N) is 1. The molecule has 0 aliphatic carbocycles. The number of Topliss-reactive ketones (excluding diaryl/α,β-unsaturated/α-hetero) is 1. The van der Waals surface area contributed by atoms with Gasteiger partial charge in [0.25, 0.3) is 11.7 Å². The van der Waals surface area contributed by atoms with Crippen molar-refractivity contribution in [2.24, 2.45) is 0 Å². The second-order valence-electron chi connectivity index (χ2n) is 4.37. The molecule has 4 heteroatoms. The van der Waals surface area contributed by atoms with E-state index in [1.165, 1.54) is 0 Å². The van der Waals surface area contributed by atoms with Gasteiger partial charge in [-0.2, -0.15) is 0 Å². The molecule has 2 aromatic rings. The highest BCUT2D eigenvalue weighted by Crippen LogP contribution is 2.08. The summed E-state index contributed by atoms with van der Waals surface area (Å²) in [6.45, 7) is 3.81. The molecule has 1 amide bonds. The van der Waals surface area contributed by atoms with Crippen molar-refractivity contribution in [3.05, 3.63) is 59.3 Å². The number of hydrogen-bond acceptors (Lipinski definition) is 3. The summed E-state index contributed by atoms with van der Waals surface area (Å²) in [4.78, 5) is 27.7. The Morgan fingerprint density at radius 2 is 1.68 bits per heavy atom. The van der Waals surface area contributed by atoms with Crippen molar-refractivity contribution in [2.75, 3.05) is 5.32 Å². The highest BCUT2D eigenvalue weighted by atomic mass is 16.2. The first-order valence-electron chi connectivity index (χ1n) is 5.91. The normalized spacial score (nSPS) is 10.0. The van der Waals surface area contributed by atoms with Gasteiger partial charge in [-0.1, -0.05) is 29.8 Å². The van der Waals surface area contributed by atoms with Crippen LogP contribution < -0.4 is 5.32 Å². The zero-order chi connectivity index (χ0) is 13.8. The van der Waals surface area contributed by atoms with Gasteiger partial charge in [0.1, 0.15) is 5.82 Å². The fourth-order valence-electron chi connectivity index (χ4n) is 1.61. The van der Waals surface area contributed by atoms with Gasteiger partial charge in [0, 0.05) is 11.8 Å². The minimum absolute atomic E-state index is 0.371. The van der Waals surface area contributed by atoms with Crippen molar-refractivity contribution >= 4 is 17.5 Å². The van der Waals surface area contributed by atoms with Gasteiger partial charge in [0.15, 0.2) is 0 Å². The lowest BCUT2D eigenvalue weighted by Gasteiger charge is -2.04. The third-order valence-corrected chi connectivity index (χ3v) is 2.68. The van der Waals surface area contributed by atoms with E-state index in [-0.39, 0.29) is 0 Å². The number of anilines is 1. The number of aromatic nitrogens is 1. The molecule has 1 N–H and O–H groups in total. The highest BCUT2D eigenvalue weighted by molar-refractivity contribution is 6.46.